The van der Waals surface area contributed by atoms with Crippen molar-refractivity contribution in [2.45, 2.75) is 5.60 Å². The number of aliphatic hydroxyl groups is 1. The maximum atomic E-state index is 11.8. The van der Waals surface area contributed by atoms with Crippen LogP contribution in [0.25, 0.3) is 0 Å². The van der Waals surface area contributed by atoms with Gasteiger partial charge in [-0.05, 0) is 28.3 Å². The van der Waals surface area contributed by atoms with E-state index in [1.807, 2.05) is 10.8 Å². The zero-order valence-corrected chi connectivity index (χ0v) is 10.2. The molecule has 0 spiro atoms. The minimum atomic E-state index is -1.68. The van der Waals surface area contributed by atoms with E-state index >= 15 is 0 Å². The molecule has 2 rings (SSSR count). The second-order valence-corrected chi connectivity index (χ2v) is 4.92. The van der Waals surface area contributed by atoms with Crippen LogP contribution < -0.4 is 0 Å². The SMILES string of the molecule is COC(=O)[C@@](O)(c1ccsc1)c1cccs1. The van der Waals surface area contributed by atoms with Crippen LogP contribution in [0, 0.1) is 0 Å². The first kappa shape index (κ1) is 11.3. The van der Waals surface area contributed by atoms with Crippen molar-refractivity contribution in [2.75, 3.05) is 7.11 Å². The lowest BCUT2D eigenvalue weighted by molar-refractivity contribution is -0.158. The van der Waals surface area contributed by atoms with Crippen LogP contribution in [0.3, 0.4) is 0 Å². The Kier molecular flexibility index (Phi) is 3.09. The highest BCUT2D eigenvalue weighted by Crippen LogP contribution is 2.34. The lowest BCUT2D eigenvalue weighted by atomic mass is 9.95. The van der Waals surface area contributed by atoms with Gasteiger partial charge < -0.3 is 9.84 Å². The molecule has 0 aliphatic heterocycles. The molecule has 0 unspecified atom stereocenters. The van der Waals surface area contributed by atoms with E-state index in [0.29, 0.717) is 10.4 Å². The van der Waals surface area contributed by atoms with Crippen molar-refractivity contribution in [3.63, 3.8) is 0 Å². The summed E-state index contributed by atoms with van der Waals surface area (Å²) >= 11 is 2.75. The standard InChI is InChI=1S/C11H10O3S2/c1-14-10(12)11(13,8-4-6-15-7-8)9-3-2-5-16-9/h2-7,13H,1H3/t11-/m1/s1. The minimum absolute atomic E-state index is 0.548. The fraction of sp³-hybridized carbons (Fsp3) is 0.182. The predicted octanol–water partition coefficient (Wildman–Crippen LogP) is 2.22. The van der Waals surface area contributed by atoms with Crippen LogP contribution >= 0.6 is 22.7 Å². The van der Waals surface area contributed by atoms with Crippen LogP contribution in [0.5, 0.6) is 0 Å². The summed E-state index contributed by atoms with van der Waals surface area (Å²) in [6, 6.07) is 5.24. The van der Waals surface area contributed by atoms with Crippen molar-refractivity contribution < 1.29 is 14.6 Å². The van der Waals surface area contributed by atoms with E-state index in [-0.39, 0.29) is 0 Å². The molecule has 0 aliphatic carbocycles. The molecule has 2 heterocycles. The third kappa shape index (κ3) is 1.67. The number of hydrogen-bond donors (Lipinski definition) is 1. The maximum Gasteiger partial charge on any atom is 0.348 e. The smallest absolute Gasteiger partial charge is 0.348 e. The van der Waals surface area contributed by atoms with Gasteiger partial charge in [0.25, 0.3) is 0 Å². The van der Waals surface area contributed by atoms with Gasteiger partial charge in [0.1, 0.15) is 0 Å². The van der Waals surface area contributed by atoms with Crippen LogP contribution in [0.4, 0.5) is 0 Å². The van der Waals surface area contributed by atoms with E-state index < -0.39 is 11.6 Å². The van der Waals surface area contributed by atoms with Gasteiger partial charge >= 0.3 is 5.97 Å². The minimum Gasteiger partial charge on any atom is -0.466 e. The second-order valence-electron chi connectivity index (χ2n) is 3.19. The summed E-state index contributed by atoms with van der Waals surface area (Å²) in [5, 5.41) is 15.9. The van der Waals surface area contributed by atoms with E-state index in [1.54, 1.807) is 23.6 Å². The molecule has 16 heavy (non-hydrogen) atoms. The summed E-state index contributed by atoms with van der Waals surface area (Å²) in [6.07, 6.45) is 0. The summed E-state index contributed by atoms with van der Waals surface area (Å²) in [6.45, 7) is 0. The summed E-state index contributed by atoms with van der Waals surface area (Å²) in [5.41, 5.74) is -1.13. The molecule has 0 amide bonds. The monoisotopic (exact) mass is 254 g/mol. The number of hydrogen-bond acceptors (Lipinski definition) is 5. The molecule has 0 fully saturated rings. The van der Waals surface area contributed by atoms with E-state index in [4.69, 9.17) is 0 Å². The summed E-state index contributed by atoms with van der Waals surface area (Å²) in [7, 11) is 1.27. The van der Waals surface area contributed by atoms with Gasteiger partial charge in [0.15, 0.2) is 0 Å². The van der Waals surface area contributed by atoms with Crippen molar-refractivity contribution in [1.29, 1.82) is 0 Å². The first-order valence-electron chi connectivity index (χ1n) is 4.57. The average Bonchev–Trinajstić information content (AvgIpc) is 2.98. The number of rotatable bonds is 3. The van der Waals surface area contributed by atoms with Gasteiger partial charge in [-0.3, -0.25) is 0 Å². The van der Waals surface area contributed by atoms with Gasteiger partial charge in [-0.15, -0.1) is 11.3 Å². The molecule has 0 aliphatic rings. The molecular formula is C11H10O3S2. The lowest BCUT2D eigenvalue weighted by Crippen LogP contribution is -2.36. The number of carbonyl (C=O) groups is 1. The Labute approximate surface area is 101 Å². The third-order valence-corrected chi connectivity index (χ3v) is 3.96. The second kappa shape index (κ2) is 4.37. The summed E-state index contributed by atoms with van der Waals surface area (Å²) in [4.78, 5) is 12.3. The first-order chi connectivity index (χ1) is 7.69. The normalized spacial score (nSPS) is 14.4. The molecule has 0 aromatic carbocycles. The topological polar surface area (TPSA) is 46.5 Å². The summed E-state index contributed by atoms with van der Waals surface area (Å²) < 4.78 is 4.69. The van der Waals surface area contributed by atoms with Crippen molar-refractivity contribution in [1.82, 2.24) is 0 Å². The third-order valence-electron chi connectivity index (χ3n) is 2.30. The largest absolute Gasteiger partial charge is 0.466 e. The Morgan fingerprint density at radius 1 is 1.44 bits per heavy atom. The Bertz CT molecular complexity index is 425. The summed E-state index contributed by atoms with van der Waals surface area (Å²) in [5.74, 6) is -0.659. The molecule has 1 N–H and O–H groups in total. The van der Waals surface area contributed by atoms with E-state index in [2.05, 4.69) is 4.74 Å². The molecule has 0 bridgehead atoms. The van der Waals surface area contributed by atoms with Crippen LogP contribution in [0.15, 0.2) is 34.3 Å². The molecule has 1 atom stereocenters. The molecule has 2 aromatic heterocycles. The van der Waals surface area contributed by atoms with Crippen molar-refractivity contribution >= 4 is 28.6 Å². The van der Waals surface area contributed by atoms with Crippen LogP contribution in [-0.4, -0.2) is 18.2 Å². The Morgan fingerprint density at radius 3 is 2.75 bits per heavy atom. The highest BCUT2D eigenvalue weighted by Gasteiger charge is 2.42. The maximum absolute atomic E-state index is 11.8. The number of carbonyl (C=O) groups excluding carboxylic acids is 1. The molecule has 3 nitrogen and oxygen atoms in total. The fourth-order valence-electron chi connectivity index (χ4n) is 1.46. The van der Waals surface area contributed by atoms with E-state index in [0.717, 1.165) is 0 Å². The van der Waals surface area contributed by atoms with E-state index in [1.165, 1.54) is 29.8 Å². The van der Waals surface area contributed by atoms with Crippen molar-refractivity contribution in [3.05, 3.63) is 44.8 Å². The van der Waals surface area contributed by atoms with Gasteiger partial charge in [0.05, 0.1) is 12.0 Å². The quantitative estimate of drug-likeness (QED) is 0.854. The van der Waals surface area contributed by atoms with E-state index in [9.17, 15) is 9.90 Å². The molecule has 0 radical (unpaired) electrons. The molecular weight excluding hydrogens is 244 g/mol. The highest BCUT2D eigenvalue weighted by molar-refractivity contribution is 7.10. The zero-order valence-electron chi connectivity index (χ0n) is 8.54. The number of ether oxygens (including phenoxy) is 1. The number of esters is 1. The zero-order chi connectivity index (χ0) is 11.6. The van der Waals surface area contributed by atoms with Crippen molar-refractivity contribution in [3.8, 4) is 0 Å². The molecule has 84 valence electrons. The molecule has 2 aromatic rings. The lowest BCUT2D eigenvalue weighted by Gasteiger charge is -2.22. The van der Waals surface area contributed by atoms with Gasteiger partial charge in [0.2, 0.25) is 5.60 Å². The predicted molar refractivity (Wildman–Crippen MR) is 63.7 cm³/mol. The fourth-order valence-corrected chi connectivity index (χ4v) is 3.00. The van der Waals surface area contributed by atoms with Crippen LogP contribution in [0.2, 0.25) is 0 Å². The number of methoxy groups -OCH3 is 1. The van der Waals surface area contributed by atoms with Gasteiger partial charge in [0, 0.05) is 5.56 Å². The van der Waals surface area contributed by atoms with Crippen LogP contribution in [-0.2, 0) is 15.1 Å². The molecule has 0 saturated carbocycles. The van der Waals surface area contributed by atoms with Gasteiger partial charge in [-0.2, -0.15) is 11.3 Å². The van der Waals surface area contributed by atoms with Gasteiger partial charge in [-0.25, -0.2) is 4.79 Å². The number of thiophene rings is 2. The molecule has 0 saturated heterocycles. The Hall–Kier alpha value is -1.17. The van der Waals surface area contributed by atoms with Crippen molar-refractivity contribution in [2.24, 2.45) is 0 Å². The first-order valence-corrected chi connectivity index (χ1v) is 6.39. The Balaban J connectivity index is 2.54. The average molecular weight is 254 g/mol. The molecule has 5 heteroatoms. The Morgan fingerprint density at radius 2 is 2.25 bits per heavy atom. The van der Waals surface area contributed by atoms with Crippen LogP contribution in [0.1, 0.15) is 10.4 Å². The highest BCUT2D eigenvalue weighted by atomic mass is 32.1. The van der Waals surface area contributed by atoms with Gasteiger partial charge in [-0.1, -0.05) is 6.07 Å².